The van der Waals surface area contributed by atoms with Crippen molar-refractivity contribution in [2.45, 2.75) is 6.92 Å². The zero-order chi connectivity index (χ0) is 14.6. The van der Waals surface area contributed by atoms with Crippen molar-refractivity contribution in [1.82, 2.24) is 10.3 Å². The fraction of sp³-hybridized carbons (Fsp3) is 0.250. The van der Waals surface area contributed by atoms with E-state index in [1.807, 2.05) is 0 Å². The Labute approximate surface area is 120 Å². The summed E-state index contributed by atoms with van der Waals surface area (Å²) < 4.78 is 4.59. The maximum absolute atomic E-state index is 12.3. The van der Waals surface area contributed by atoms with Crippen molar-refractivity contribution in [2.75, 3.05) is 14.2 Å². The second-order valence-corrected chi connectivity index (χ2v) is 4.40. The molecule has 0 radical (unpaired) electrons. The maximum atomic E-state index is 12.3. The van der Waals surface area contributed by atoms with Gasteiger partial charge in [-0.05, 0) is 13.0 Å². The summed E-state index contributed by atoms with van der Waals surface area (Å²) in [5.41, 5.74) is 0.160. The molecule has 0 fully saturated rings. The minimum absolute atomic E-state index is 0.0546. The molecule has 0 atom stereocenters. The number of pyridine rings is 1. The summed E-state index contributed by atoms with van der Waals surface area (Å²) >= 11 is 11.6. The molecule has 0 aliphatic carbocycles. The average Bonchev–Trinajstić information content (AvgIpc) is 2.38. The molecule has 0 saturated carbocycles. The quantitative estimate of drug-likeness (QED) is 0.304. The Morgan fingerprint density at radius 2 is 2.00 bits per heavy atom. The van der Waals surface area contributed by atoms with Crippen molar-refractivity contribution >= 4 is 35.0 Å². The molecule has 19 heavy (non-hydrogen) atoms. The number of halogens is 2. The minimum Gasteiger partial charge on any atom is -0.465 e. The van der Waals surface area contributed by atoms with Crippen LogP contribution in [0.25, 0.3) is 0 Å². The number of ether oxygens (including phenoxy) is 1. The monoisotopic (exact) mass is 302 g/mol. The first-order valence-electron chi connectivity index (χ1n) is 5.25. The number of allylic oxidation sites excluding steroid dienone is 1. The molecule has 0 aliphatic rings. The van der Waals surface area contributed by atoms with Gasteiger partial charge in [-0.15, -0.1) is 0 Å². The highest BCUT2D eigenvalue weighted by molar-refractivity contribution is 6.38. The molecule has 5 nitrogen and oxygen atoms in total. The van der Waals surface area contributed by atoms with Gasteiger partial charge in [-0.1, -0.05) is 23.2 Å². The summed E-state index contributed by atoms with van der Waals surface area (Å²) in [6.45, 7) is 1.58. The molecular weight excluding hydrogens is 291 g/mol. The zero-order valence-corrected chi connectivity index (χ0v) is 12.1. The molecule has 0 unspecified atom stereocenters. The van der Waals surface area contributed by atoms with Crippen molar-refractivity contribution in [2.24, 2.45) is 0 Å². The summed E-state index contributed by atoms with van der Waals surface area (Å²) in [6.07, 6.45) is 1.28. The Bertz CT molecular complexity index is 556. The van der Waals surface area contributed by atoms with Gasteiger partial charge in [0, 0.05) is 18.9 Å². The Kier molecular flexibility index (Phi) is 5.32. The highest BCUT2D eigenvalue weighted by Crippen LogP contribution is 2.22. The van der Waals surface area contributed by atoms with Crippen LogP contribution < -0.4 is 5.32 Å². The van der Waals surface area contributed by atoms with Crippen molar-refractivity contribution in [3.63, 3.8) is 0 Å². The van der Waals surface area contributed by atoms with Crippen LogP contribution in [0.2, 0.25) is 10.0 Å². The second kappa shape index (κ2) is 6.54. The van der Waals surface area contributed by atoms with Crippen molar-refractivity contribution in [3.05, 3.63) is 39.3 Å². The topological polar surface area (TPSA) is 68.3 Å². The number of aromatic nitrogens is 1. The third kappa shape index (κ3) is 3.45. The Balaban J connectivity index is 3.32. The first-order chi connectivity index (χ1) is 8.92. The normalized spacial score (nSPS) is 11.6. The van der Waals surface area contributed by atoms with Crippen molar-refractivity contribution in [3.8, 4) is 0 Å². The lowest BCUT2D eigenvalue weighted by Crippen LogP contribution is -2.22. The van der Waals surface area contributed by atoms with E-state index >= 15 is 0 Å². The minimum atomic E-state index is -0.760. The number of rotatable bonds is 4. The van der Waals surface area contributed by atoms with Crippen molar-refractivity contribution in [1.29, 1.82) is 0 Å². The largest absolute Gasteiger partial charge is 0.465 e. The number of esters is 1. The SMILES string of the molecule is CN/C(C)=C(\C(=O)OC)C(=O)c1ncc(Cl)cc1Cl. The van der Waals surface area contributed by atoms with Crippen LogP contribution in [0.1, 0.15) is 17.4 Å². The molecule has 102 valence electrons. The van der Waals surface area contributed by atoms with E-state index in [0.29, 0.717) is 10.7 Å². The third-order valence-corrected chi connectivity index (χ3v) is 2.88. The van der Waals surface area contributed by atoms with E-state index < -0.39 is 11.8 Å². The molecule has 7 heteroatoms. The number of ketones is 1. The molecule has 1 heterocycles. The van der Waals surface area contributed by atoms with E-state index in [1.54, 1.807) is 14.0 Å². The van der Waals surface area contributed by atoms with Crippen LogP contribution in [0, 0.1) is 0 Å². The van der Waals surface area contributed by atoms with Crippen molar-refractivity contribution < 1.29 is 14.3 Å². The van der Waals surface area contributed by atoms with Gasteiger partial charge in [-0.3, -0.25) is 4.79 Å². The summed E-state index contributed by atoms with van der Waals surface area (Å²) in [7, 11) is 2.78. The van der Waals surface area contributed by atoms with Crippen LogP contribution in [0.4, 0.5) is 0 Å². The van der Waals surface area contributed by atoms with Crippen LogP contribution in [-0.4, -0.2) is 30.9 Å². The van der Waals surface area contributed by atoms with Gasteiger partial charge in [0.15, 0.2) is 0 Å². The third-order valence-electron chi connectivity index (χ3n) is 2.39. The van der Waals surface area contributed by atoms with Crippen LogP contribution in [0.3, 0.4) is 0 Å². The number of hydrogen-bond donors (Lipinski definition) is 1. The number of Topliss-reactive ketones (excluding diaryl/α,β-unsaturated/α-hetero) is 1. The zero-order valence-electron chi connectivity index (χ0n) is 10.6. The van der Waals surface area contributed by atoms with Crippen LogP contribution in [-0.2, 0) is 9.53 Å². The van der Waals surface area contributed by atoms with E-state index in [-0.39, 0.29) is 16.3 Å². The second-order valence-electron chi connectivity index (χ2n) is 3.55. The molecule has 1 N–H and O–H groups in total. The lowest BCUT2D eigenvalue weighted by Gasteiger charge is -2.09. The van der Waals surface area contributed by atoms with Gasteiger partial charge in [0.05, 0.1) is 17.2 Å². The predicted octanol–water partition coefficient (Wildman–Crippen LogP) is 2.24. The number of carbonyl (C=O) groups is 2. The number of hydrogen-bond acceptors (Lipinski definition) is 5. The first kappa shape index (κ1) is 15.5. The van der Waals surface area contributed by atoms with Crippen LogP contribution in [0.15, 0.2) is 23.5 Å². The maximum Gasteiger partial charge on any atom is 0.343 e. The molecule has 1 aromatic heterocycles. The Morgan fingerprint density at radius 3 is 2.47 bits per heavy atom. The van der Waals surface area contributed by atoms with E-state index in [1.165, 1.54) is 19.4 Å². The summed E-state index contributed by atoms with van der Waals surface area (Å²) in [5, 5.41) is 3.10. The van der Waals surface area contributed by atoms with E-state index in [9.17, 15) is 9.59 Å². The number of nitrogens with one attached hydrogen (secondary N) is 1. The smallest absolute Gasteiger partial charge is 0.343 e. The molecule has 0 bridgehead atoms. The fourth-order valence-corrected chi connectivity index (χ4v) is 1.81. The fourth-order valence-electron chi connectivity index (χ4n) is 1.34. The lowest BCUT2D eigenvalue weighted by atomic mass is 10.1. The molecule has 0 spiro atoms. The number of nitrogens with zero attached hydrogens (tertiary/aromatic N) is 1. The van der Waals surface area contributed by atoms with Crippen LogP contribution in [0.5, 0.6) is 0 Å². The summed E-state index contributed by atoms with van der Waals surface area (Å²) in [6, 6.07) is 1.38. The van der Waals surface area contributed by atoms with Gasteiger partial charge in [0.1, 0.15) is 11.3 Å². The lowest BCUT2D eigenvalue weighted by molar-refractivity contribution is -0.135. The Hall–Kier alpha value is -1.59. The molecule has 0 aromatic carbocycles. The molecule has 0 amide bonds. The summed E-state index contributed by atoms with van der Waals surface area (Å²) in [4.78, 5) is 27.8. The van der Waals surface area contributed by atoms with E-state index in [0.717, 1.165) is 0 Å². The Morgan fingerprint density at radius 1 is 1.37 bits per heavy atom. The molecule has 0 aliphatic heterocycles. The van der Waals surface area contributed by atoms with E-state index in [2.05, 4.69) is 15.0 Å². The van der Waals surface area contributed by atoms with Gasteiger partial charge < -0.3 is 10.1 Å². The standard InChI is InChI=1S/C12H12Cl2N2O3/c1-6(15-2)9(12(18)19-3)11(17)10-8(14)4-7(13)5-16-10/h4-5,15H,1-3H3/b9-6-. The highest BCUT2D eigenvalue weighted by atomic mass is 35.5. The molecule has 1 aromatic rings. The number of carbonyl (C=O) groups excluding carboxylic acids is 2. The molecular formula is C12H12Cl2N2O3. The highest BCUT2D eigenvalue weighted by Gasteiger charge is 2.26. The number of methoxy groups -OCH3 is 1. The van der Waals surface area contributed by atoms with Gasteiger partial charge in [0.25, 0.3) is 0 Å². The van der Waals surface area contributed by atoms with Crippen LogP contribution >= 0.6 is 23.2 Å². The molecule has 0 saturated heterocycles. The average molecular weight is 303 g/mol. The van der Waals surface area contributed by atoms with Gasteiger partial charge in [-0.25, -0.2) is 9.78 Å². The van der Waals surface area contributed by atoms with Gasteiger partial charge >= 0.3 is 5.97 Å². The first-order valence-corrected chi connectivity index (χ1v) is 6.00. The molecule has 1 rings (SSSR count). The predicted molar refractivity (Wildman–Crippen MR) is 72.4 cm³/mol. The summed E-state index contributed by atoms with van der Waals surface area (Å²) in [5.74, 6) is -1.38. The van der Waals surface area contributed by atoms with Gasteiger partial charge in [-0.2, -0.15) is 0 Å². The van der Waals surface area contributed by atoms with E-state index in [4.69, 9.17) is 23.2 Å². The van der Waals surface area contributed by atoms with Gasteiger partial charge in [0.2, 0.25) is 5.78 Å².